The molecule has 9 nitrogen and oxygen atoms in total. The van der Waals surface area contributed by atoms with Crippen molar-refractivity contribution >= 4 is 43.2 Å². The van der Waals surface area contributed by atoms with Gasteiger partial charge in [0, 0.05) is 54.1 Å². The summed E-state index contributed by atoms with van der Waals surface area (Å²) in [6.07, 6.45) is -0.999. The van der Waals surface area contributed by atoms with Gasteiger partial charge in [-0.1, -0.05) is 37.3 Å². The van der Waals surface area contributed by atoms with Crippen LogP contribution in [0.5, 0.6) is 0 Å². The third-order valence-electron chi connectivity index (χ3n) is 8.84. The number of nitrogen functional groups attached to an aromatic ring is 1. The van der Waals surface area contributed by atoms with Crippen molar-refractivity contribution in [1.29, 1.82) is 0 Å². The maximum atomic E-state index is 16.1. The van der Waals surface area contributed by atoms with Gasteiger partial charge in [0.15, 0.2) is 5.60 Å². The first kappa shape index (κ1) is 31.4. The van der Waals surface area contributed by atoms with Crippen LogP contribution < -0.4 is 16.0 Å². The number of ether oxygens (including phenoxy) is 1. The molecule has 3 aromatic rings. The Hall–Kier alpha value is -4.06. The molecule has 4 atom stereocenters. The van der Waals surface area contributed by atoms with Gasteiger partial charge >= 0.3 is 0 Å². The van der Waals surface area contributed by atoms with Gasteiger partial charge in [0.05, 0.1) is 24.8 Å². The third-order valence-corrected chi connectivity index (χ3v) is 11.3. The number of nitrogens with zero attached hydrogens (tertiary/aromatic N) is 2. The van der Waals surface area contributed by atoms with Crippen LogP contribution in [-0.4, -0.2) is 62.4 Å². The highest BCUT2D eigenvalue weighted by atomic mass is 28.4. The summed E-state index contributed by atoms with van der Waals surface area (Å²) in [4.78, 5) is 43.7. The summed E-state index contributed by atoms with van der Waals surface area (Å²) in [5.74, 6) is -1.56. The molecule has 2 heterocycles. The Balaban J connectivity index is 1.47. The third kappa shape index (κ3) is 5.74. The lowest BCUT2D eigenvalue weighted by Crippen LogP contribution is -2.44. The number of nitrogens with two attached hydrogens (primary N) is 1. The molecule has 4 N–H and O–H groups in total. The summed E-state index contributed by atoms with van der Waals surface area (Å²) in [5, 5.41) is 12.6. The molecule has 2 aliphatic rings. The first-order valence-electron chi connectivity index (χ1n) is 14.8. The van der Waals surface area contributed by atoms with Crippen LogP contribution in [0.4, 0.5) is 21.2 Å². The van der Waals surface area contributed by atoms with Crippen molar-refractivity contribution < 1.29 is 28.3 Å². The summed E-state index contributed by atoms with van der Waals surface area (Å²) < 4.78 is 22.8. The SMILES string of the molecule is C[C@@H]1[C@@H]([Si](C)(C)F)[C@H](CC(=O)N(CCO)Cc2ccccc2)O[C@@]12C(=O)N(C)c1ccc(NC(=O)c3ccc(N)cc3)cc12. The Morgan fingerprint density at radius 3 is 2.43 bits per heavy atom. The normalized spacial score (nSPS) is 22.7. The molecule has 1 spiro atoms. The Morgan fingerprint density at radius 2 is 1.80 bits per heavy atom. The Labute approximate surface area is 258 Å². The van der Waals surface area contributed by atoms with E-state index in [0.29, 0.717) is 28.2 Å². The van der Waals surface area contributed by atoms with E-state index in [4.69, 9.17) is 10.5 Å². The molecule has 3 amide bonds. The van der Waals surface area contributed by atoms with Gasteiger partial charge in [-0.3, -0.25) is 14.4 Å². The van der Waals surface area contributed by atoms with Crippen molar-refractivity contribution in [2.75, 3.05) is 36.1 Å². The number of aliphatic hydroxyl groups excluding tert-OH is 1. The van der Waals surface area contributed by atoms with Gasteiger partial charge in [-0.05, 0) is 61.1 Å². The lowest BCUT2D eigenvalue weighted by atomic mass is 9.82. The van der Waals surface area contributed by atoms with Crippen LogP contribution in [0.25, 0.3) is 0 Å². The van der Waals surface area contributed by atoms with Gasteiger partial charge in [0.1, 0.15) is 0 Å². The zero-order valence-corrected chi connectivity index (χ0v) is 26.4. The number of hydrogen-bond donors (Lipinski definition) is 3. The monoisotopic (exact) mass is 618 g/mol. The smallest absolute Gasteiger partial charge is 0.264 e. The van der Waals surface area contributed by atoms with Gasteiger partial charge in [-0.2, -0.15) is 0 Å². The summed E-state index contributed by atoms with van der Waals surface area (Å²) in [6.45, 7) is 5.16. The van der Waals surface area contributed by atoms with E-state index in [1.807, 2.05) is 37.3 Å². The van der Waals surface area contributed by atoms with Gasteiger partial charge in [-0.25, -0.2) is 0 Å². The van der Waals surface area contributed by atoms with Gasteiger partial charge in [0.25, 0.3) is 11.8 Å². The zero-order chi connectivity index (χ0) is 31.8. The number of halogens is 1. The molecule has 1 fully saturated rings. The van der Waals surface area contributed by atoms with E-state index >= 15 is 4.11 Å². The van der Waals surface area contributed by atoms with Gasteiger partial charge in [-0.15, -0.1) is 0 Å². The van der Waals surface area contributed by atoms with Crippen LogP contribution >= 0.6 is 0 Å². The predicted octanol–water partition coefficient (Wildman–Crippen LogP) is 4.68. The van der Waals surface area contributed by atoms with Gasteiger partial charge in [0.2, 0.25) is 14.3 Å². The number of likely N-dealkylation sites (N-methyl/N-ethyl adjacent to an activating group) is 1. The number of carbonyl (C=O) groups is 3. The summed E-state index contributed by atoms with van der Waals surface area (Å²) in [6, 6.07) is 21.1. The molecule has 3 aromatic carbocycles. The van der Waals surface area contributed by atoms with E-state index in [0.717, 1.165) is 5.56 Å². The highest BCUT2D eigenvalue weighted by Crippen LogP contribution is 2.60. The molecular formula is C33H39FN4O5Si. The zero-order valence-electron chi connectivity index (χ0n) is 25.4. The maximum absolute atomic E-state index is 16.1. The Bertz CT molecular complexity index is 1550. The number of amides is 3. The van der Waals surface area contributed by atoms with E-state index in [-0.39, 0.29) is 43.8 Å². The topological polar surface area (TPSA) is 125 Å². The Morgan fingerprint density at radius 1 is 1.11 bits per heavy atom. The molecule has 0 unspecified atom stereocenters. The lowest BCUT2D eigenvalue weighted by Gasteiger charge is -2.31. The fourth-order valence-electron chi connectivity index (χ4n) is 6.79. The second-order valence-corrected chi connectivity index (χ2v) is 16.0. The van der Waals surface area contributed by atoms with E-state index < -0.39 is 31.6 Å². The molecule has 2 aliphatic heterocycles. The average Bonchev–Trinajstić information content (AvgIpc) is 3.39. The summed E-state index contributed by atoms with van der Waals surface area (Å²) in [5.41, 5.74) is 6.99. The molecule has 5 rings (SSSR count). The number of benzene rings is 3. The standard InChI is InChI=1S/C33H39FN4O5Si/c1-21-30(44(3,4)34)28(19-29(40)38(16-17-39)20-22-8-6-5-7-9-22)43-33(21)26-18-25(14-15-27(26)37(2)32(33)42)36-31(41)23-10-12-24(35)13-11-23/h5-15,18,21,28,30,39H,16-17,19-20,35H2,1-4H3,(H,36,41)/t21-,28+,30-,33+/m1/s1. The molecular weight excluding hydrogens is 579 g/mol. The fourth-order valence-corrected chi connectivity index (χ4v) is 9.28. The molecule has 11 heteroatoms. The number of rotatable bonds is 9. The van der Waals surface area contributed by atoms with Crippen molar-refractivity contribution in [2.45, 2.75) is 50.2 Å². The number of hydrogen-bond acceptors (Lipinski definition) is 6. The van der Waals surface area contributed by atoms with Crippen molar-refractivity contribution in [3.05, 3.63) is 89.5 Å². The van der Waals surface area contributed by atoms with Crippen LogP contribution in [0.1, 0.15) is 34.8 Å². The first-order valence-corrected chi connectivity index (χ1v) is 17.7. The predicted molar refractivity (Wildman–Crippen MR) is 170 cm³/mol. The summed E-state index contributed by atoms with van der Waals surface area (Å²) >= 11 is 0. The number of aliphatic hydroxyl groups is 1. The molecule has 0 radical (unpaired) electrons. The van der Waals surface area contributed by atoms with Crippen molar-refractivity contribution in [2.24, 2.45) is 5.92 Å². The molecule has 0 aliphatic carbocycles. The van der Waals surface area contributed by atoms with Crippen LogP contribution in [0.2, 0.25) is 18.6 Å². The highest BCUT2D eigenvalue weighted by molar-refractivity contribution is 6.72. The minimum atomic E-state index is -3.50. The van der Waals surface area contributed by atoms with Gasteiger partial charge < -0.3 is 34.8 Å². The minimum absolute atomic E-state index is 0.115. The highest BCUT2D eigenvalue weighted by Gasteiger charge is 2.66. The van der Waals surface area contributed by atoms with E-state index in [1.54, 1.807) is 67.5 Å². The molecule has 44 heavy (non-hydrogen) atoms. The quantitative estimate of drug-likeness (QED) is 0.182. The lowest BCUT2D eigenvalue weighted by molar-refractivity contribution is -0.149. The molecule has 232 valence electrons. The number of nitrogens with one attached hydrogen (secondary N) is 1. The van der Waals surface area contributed by atoms with Crippen LogP contribution in [0.3, 0.4) is 0 Å². The van der Waals surface area contributed by atoms with E-state index in [9.17, 15) is 19.5 Å². The first-order chi connectivity index (χ1) is 20.9. The van der Waals surface area contributed by atoms with Crippen LogP contribution in [0.15, 0.2) is 72.8 Å². The van der Waals surface area contributed by atoms with Crippen LogP contribution in [-0.2, 0) is 26.5 Å². The number of fused-ring (bicyclic) bond motifs is 2. The van der Waals surface area contributed by atoms with Crippen LogP contribution in [0, 0.1) is 5.92 Å². The minimum Gasteiger partial charge on any atom is -0.399 e. The van der Waals surface area contributed by atoms with Crippen molar-refractivity contribution in [3.63, 3.8) is 0 Å². The molecule has 1 saturated heterocycles. The van der Waals surface area contributed by atoms with E-state index in [2.05, 4.69) is 5.32 Å². The van der Waals surface area contributed by atoms with E-state index in [1.165, 1.54) is 4.90 Å². The fraction of sp³-hybridized carbons (Fsp3) is 0.364. The average molecular weight is 619 g/mol. The second kappa shape index (κ2) is 12.1. The van der Waals surface area contributed by atoms with Crippen molar-refractivity contribution in [1.82, 2.24) is 4.90 Å². The summed E-state index contributed by atoms with van der Waals surface area (Å²) in [7, 11) is -1.85. The largest absolute Gasteiger partial charge is 0.399 e. The van der Waals surface area contributed by atoms with Crippen molar-refractivity contribution in [3.8, 4) is 0 Å². The molecule has 0 aromatic heterocycles. The second-order valence-electron chi connectivity index (χ2n) is 12.2. The molecule has 0 saturated carbocycles. The maximum Gasteiger partial charge on any atom is 0.264 e. The Kier molecular flexibility index (Phi) is 8.65. The number of anilines is 3. The number of carbonyl (C=O) groups excluding carboxylic acids is 3. The molecule has 0 bridgehead atoms.